The summed E-state index contributed by atoms with van der Waals surface area (Å²) in [5.41, 5.74) is 13.1. The van der Waals surface area contributed by atoms with Gasteiger partial charge < -0.3 is 0 Å². The van der Waals surface area contributed by atoms with Crippen LogP contribution in [0, 0.1) is 62.3 Å². The van der Waals surface area contributed by atoms with Gasteiger partial charge >= 0.3 is 17.1 Å². The maximum atomic E-state index is 2.24. The van der Waals surface area contributed by atoms with Crippen molar-refractivity contribution in [2.75, 3.05) is 0 Å². The molecule has 0 heterocycles. The number of hydrogen-bond donors (Lipinski definition) is 0. The van der Waals surface area contributed by atoms with Gasteiger partial charge in [-0.1, -0.05) is 62.3 Å². The SMILES string of the molecule is Cc1c(C)c(C)[c-](C)c1C.Cc1cc(C)[c-](C)c1C.[Fe+2]. The fourth-order valence-corrected chi connectivity index (χ4v) is 2.54. The van der Waals surface area contributed by atoms with Crippen molar-refractivity contribution >= 4 is 0 Å². The van der Waals surface area contributed by atoms with Crippen molar-refractivity contribution < 1.29 is 17.1 Å². The van der Waals surface area contributed by atoms with Crippen LogP contribution in [0.5, 0.6) is 0 Å². The van der Waals surface area contributed by atoms with Gasteiger partial charge in [-0.25, -0.2) is 6.07 Å². The second-order valence-electron chi connectivity index (χ2n) is 5.89. The summed E-state index contributed by atoms with van der Waals surface area (Å²) in [7, 11) is 0. The Morgan fingerprint density at radius 2 is 1.05 bits per heavy atom. The van der Waals surface area contributed by atoms with Crippen LogP contribution in [0.1, 0.15) is 50.1 Å². The molecule has 1 heteroatoms. The molecule has 0 aromatic heterocycles. The molecule has 20 heavy (non-hydrogen) atoms. The third-order valence-electron chi connectivity index (χ3n) is 4.99. The molecule has 0 nitrogen and oxygen atoms in total. The molecule has 2 aromatic carbocycles. The molecule has 0 aliphatic rings. The molecule has 0 atom stereocenters. The summed E-state index contributed by atoms with van der Waals surface area (Å²) >= 11 is 0. The number of aryl methyl sites for hydroxylation is 2. The summed E-state index contributed by atoms with van der Waals surface area (Å²) in [5.74, 6) is 0. The van der Waals surface area contributed by atoms with Crippen molar-refractivity contribution in [3.8, 4) is 0 Å². The first-order valence-corrected chi connectivity index (χ1v) is 7.08. The standard InChI is InChI=1S/C10H15.C9H13.Fe/c1-6-7(2)9(4)10(5)8(6)3;1-6-5-7(2)9(4)8(6)3;/h1-5H3;5H,1-4H3;/q2*-1;+2. The van der Waals surface area contributed by atoms with Gasteiger partial charge in [-0.2, -0.15) is 50.1 Å². The van der Waals surface area contributed by atoms with Gasteiger partial charge in [0.25, 0.3) is 0 Å². The van der Waals surface area contributed by atoms with E-state index in [1.165, 1.54) is 50.1 Å². The zero-order valence-electron chi connectivity index (χ0n) is 14.4. The van der Waals surface area contributed by atoms with Crippen LogP contribution in [0.15, 0.2) is 6.07 Å². The summed E-state index contributed by atoms with van der Waals surface area (Å²) in [6.07, 6.45) is 0. The minimum absolute atomic E-state index is 0. The minimum atomic E-state index is 0. The van der Waals surface area contributed by atoms with Gasteiger partial charge in [-0.15, -0.1) is 0 Å². The predicted molar refractivity (Wildman–Crippen MR) is 86.7 cm³/mol. The molecule has 0 aliphatic heterocycles. The van der Waals surface area contributed by atoms with E-state index in [1.807, 2.05) is 0 Å². The largest absolute Gasteiger partial charge is 2.00 e. The molecule has 0 saturated carbocycles. The van der Waals surface area contributed by atoms with Crippen molar-refractivity contribution in [1.82, 2.24) is 0 Å². The summed E-state index contributed by atoms with van der Waals surface area (Å²) in [4.78, 5) is 0. The topological polar surface area (TPSA) is 0 Å². The van der Waals surface area contributed by atoms with Crippen LogP contribution >= 0.6 is 0 Å². The van der Waals surface area contributed by atoms with Gasteiger partial charge in [0.1, 0.15) is 0 Å². The van der Waals surface area contributed by atoms with Gasteiger partial charge in [-0.3, -0.25) is 0 Å². The maximum Gasteiger partial charge on any atom is 2.00 e. The Bertz CT molecular complexity index is 477. The van der Waals surface area contributed by atoms with Crippen LogP contribution in [0.25, 0.3) is 0 Å². The molecule has 0 amide bonds. The molecule has 0 aliphatic carbocycles. The van der Waals surface area contributed by atoms with E-state index in [4.69, 9.17) is 0 Å². The Hall–Kier alpha value is -0.781. The zero-order chi connectivity index (χ0) is 14.9. The molecular weight excluding hydrogens is 284 g/mol. The fraction of sp³-hybridized carbons (Fsp3) is 0.474. The van der Waals surface area contributed by atoms with Gasteiger partial charge in [0.05, 0.1) is 0 Å². The van der Waals surface area contributed by atoms with Gasteiger partial charge in [0.15, 0.2) is 0 Å². The second-order valence-corrected chi connectivity index (χ2v) is 5.89. The molecule has 2 rings (SSSR count). The van der Waals surface area contributed by atoms with E-state index >= 15 is 0 Å². The Kier molecular flexibility index (Phi) is 7.01. The molecule has 112 valence electrons. The van der Waals surface area contributed by atoms with E-state index < -0.39 is 0 Å². The molecular formula is C19H28Fe. The predicted octanol–water partition coefficient (Wildman–Crippen LogP) is 5.58. The van der Waals surface area contributed by atoms with E-state index in [1.54, 1.807) is 0 Å². The third kappa shape index (κ3) is 3.65. The van der Waals surface area contributed by atoms with Crippen LogP contribution < -0.4 is 0 Å². The van der Waals surface area contributed by atoms with Gasteiger partial charge in [-0.05, 0) is 0 Å². The van der Waals surface area contributed by atoms with Gasteiger partial charge in [0.2, 0.25) is 0 Å². The van der Waals surface area contributed by atoms with E-state index in [2.05, 4.69) is 68.4 Å². The summed E-state index contributed by atoms with van der Waals surface area (Å²) in [5, 5.41) is 0. The van der Waals surface area contributed by atoms with Crippen molar-refractivity contribution in [3.63, 3.8) is 0 Å². The minimum Gasteiger partial charge on any atom is -0.207 e. The first-order chi connectivity index (χ1) is 8.68. The van der Waals surface area contributed by atoms with E-state index in [9.17, 15) is 0 Å². The fourth-order valence-electron chi connectivity index (χ4n) is 2.54. The molecule has 0 radical (unpaired) electrons. The molecule has 0 bridgehead atoms. The van der Waals surface area contributed by atoms with Gasteiger partial charge in [0, 0.05) is 0 Å². The van der Waals surface area contributed by atoms with E-state index in [0.717, 1.165) is 0 Å². The van der Waals surface area contributed by atoms with Crippen LogP contribution in [0.4, 0.5) is 0 Å². The average molecular weight is 312 g/mol. The summed E-state index contributed by atoms with van der Waals surface area (Å²) in [6.45, 7) is 19.7. The first kappa shape index (κ1) is 19.2. The quantitative estimate of drug-likeness (QED) is 0.440. The zero-order valence-corrected chi connectivity index (χ0v) is 15.5. The van der Waals surface area contributed by atoms with Crippen LogP contribution in [-0.2, 0) is 17.1 Å². The molecule has 2 aromatic rings. The summed E-state index contributed by atoms with van der Waals surface area (Å²) in [6, 6.07) is 2.24. The molecule has 0 saturated heterocycles. The monoisotopic (exact) mass is 312 g/mol. The Balaban J connectivity index is 0.000000345. The molecule has 0 spiro atoms. The van der Waals surface area contributed by atoms with E-state index in [-0.39, 0.29) is 17.1 Å². The van der Waals surface area contributed by atoms with Crippen molar-refractivity contribution in [3.05, 3.63) is 56.1 Å². The first-order valence-electron chi connectivity index (χ1n) is 7.08. The molecule has 0 unspecified atom stereocenters. The van der Waals surface area contributed by atoms with Crippen molar-refractivity contribution in [2.24, 2.45) is 0 Å². The van der Waals surface area contributed by atoms with Crippen LogP contribution in [0.3, 0.4) is 0 Å². The Morgan fingerprint density at radius 3 is 1.15 bits per heavy atom. The number of hydrogen-bond acceptors (Lipinski definition) is 0. The van der Waals surface area contributed by atoms with E-state index in [0.29, 0.717) is 0 Å². The Labute approximate surface area is 135 Å². The van der Waals surface area contributed by atoms with Crippen LogP contribution in [0.2, 0.25) is 0 Å². The van der Waals surface area contributed by atoms with Crippen LogP contribution in [-0.4, -0.2) is 0 Å². The summed E-state index contributed by atoms with van der Waals surface area (Å²) < 4.78 is 0. The third-order valence-corrected chi connectivity index (χ3v) is 4.99. The maximum absolute atomic E-state index is 2.24. The molecule has 0 fully saturated rings. The average Bonchev–Trinajstić information content (AvgIpc) is 2.69. The smallest absolute Gasteiger partial charge is 0.207 e. The van der Waals surface area contributed by atoms with Crippen molar-refractivity contribution in [1.29, 1.82) is 0 Å². The van der Waals surface area contributed by atoms with Crippen molar-refractivity contribution in [2.45, 2.75) is 62.3 Å². The number of rotatable bonds is 0. The second kappa shape index (κ2) is 7.29. The normalized spacial score (nSPS) is 9.85. The molecule has 0 N–H and O–H groups in total. The Morgan fingerprint density at radius 1 is 0.650 bits per heavy atom.